The van der Waals surface area contributed by atoms with Crippen molar-refractivity contribution in [3.8, 4) is 23.1 Å². The lowest BCUT2D eigenvalue weighted by molar-refractivity contribution is -0.138. The van der Waals surface area contributed by atoms with Crippen LogP contribution in [0.1, 0.15) is 24.0 Å². The topological polar surface area (TPSA) is 86.6 Å². The molecule has 3 aromatic rings. The third-order valence-corrected chi connectivity index (χ3v) is 3.85. The average Bonchev–Trinajstić information content (AvgIpc) is 3.03. The van der Waals surface area contributed by atoms with Crippen molar-refractivity contribution >= 4 is 11.0 Å². The lowest BCUT2D eigenvalue weighted by atomic mass is 10.1. The number of nitrogens with one attached hydrogen (secondary N) is 2. The number of pyridine rings is 1. The van der Waals surface area contributed by atoms with Crippen LogP contribution in [0, 0.1) is 11.3 Å². The molecule has 6 nitrogen and oxygen atoms in total. The zero-order valence-electron chi connectivity index (χ0n) is 14.6. The van der Waals surface area contributed by atoms with Gasteiger partial charge in [-0.3, -0.25) is 0 Å². The molecule has 9 heteroatoms. The fourth-order valence-corrected chi connectivity index (χ4v) is 2.73. The Labute approximate surface area is 153 Å². The zero-order chi connectivity index (χ0) is 19.6. The highest BCUT2D eigenvalue weighted by atomic mass is 19.4. The van der Waals surface area contributed by atoms with Gasteiger partial charge in [-0.25, -0.2) is 9.97 Å². The molecule has 1 aromatic carbocycles. The molecule has 0 aliphatic carbocycles. The Hall–Kier alpha value is -3.12. The maximum atomic E-state index is 13.4. The lowest BCUT2D eigenvalue weighted by Crippen LogP contribution is -2.09. The van der Waals surface area contributed by atoms with Crippen LogP contribution in [0.25, 0.3) is 22.3 Å². The second-order valence-electron chi connectivity index (χ2n) is 5.72. The molecule has 0 spiro atoms. The van der Waals surface area contributed by atoms with E-state index in [4.69, 9.17) is 4.74 Å². The van der Waals surface area contributed by atoms with Crippen molar-refractivity contribution in [3.05, 3.63) is 41.3 Å². The van der Waals surface area contributed by atoms with Crippen LogP contribution in [0.2, 0.25) is 0 Å². The number of hydrogen-bond donors (Lipinski definition) is 2. The maximum absolute atomic E-state index is 13.4. The lowest BCUT2D eigenvalue weighted by Gasteiger charge is -2.14. The maximum Gasteiger partial charge on any atom is 0.419 e. The van der Waals surface area contributed by atoms with Crippen molar-refractivity contribution in [2.75, 3.05) is 13.7 Å². The summed E-state index contributed by atoms with van der Waals surface area (Å²) in [5.74, 6) is 0.360. The molecule has 2 N–H and O–H groups in total. The number of imidazole rings is 1. The second kappa shape index (κ2) is 7.25. The number of ether oxygens (including phenoxy) is 1. The molecule has 27 heavy (non-hydrogen) atoms. The van der Waals surface area contributed by atoms with Crippen LogP contribution < -0.4 is 10.1 Å². The molecule has 0 saturated carbocycles. The number of H-pyrrole nitrogens is 1. The number of halogens is 3. The van der Waals surface area contributed by atoms with Crippen LogP contribution >= 0.6 is 0 Å². The summed E-state index contributed by atoms with van der Waals surface area (Å²) < 4.78 is 45.2. The number of hydrogen-bond acceptors (Lipinski definition) is 5. The Bertz CT molecular complexity index is 1020. The summed E-state index contributed by atoms with van der Waals surface area (Å²) in [6, 6.07) is 7.26. The molecule has 140 valence electrons. The quantitative estimate of drug-likeness (QED) is 0.711. The molecule has 0 amide bonds. The Balaban J connectivity index is 2.15. The molecule has 3 rings (SSSR count). The molecule has 0 aliphatic heterocycles. The Morgan fingerprint density at radius 1 is 1.26 bits per heavy atom. The molecule has 0 saturated heterocycles. The van der Waals surface area contributed by atoms with Crippen LogP contribution in [-0.2, 0) is 12.7 Å². The van der Waals surface area contributed by atoms with E-state index in [1.165, 1.54) is 12.1 Å². The number of aromatic amines is 1. The Morgan fingerprint density at radius 3 is 2.67 bits per heavy atom. The van der Waals surface area contributed by atoms with Crippen LogP contribution in [0.15, 0.2) is 24.3 Å². The predicted molar refractivity (Wildman–Crippen MR) is 93.0 cm³/mol. The van der Waals surface area contributed by atoms with Crippen LogP contribution in [0.5, 0.6) is 5.75 Å². The van der Waals surface area contributed by atoms with Gasteiger partial charge in [0.2, 0.25) is 0 Å². The van der Waals surface area contributed by atoms with E-state index in [9.17, 15) is 18.4 Å². The SMILES string of the molecule is CCOc1ccc(-c2cc3[nH]c(CNC)nc3c(C#N)n2)cc1C(F)(F)F. The number of nitrogens with zero attached hydrogens (tertiary/aromatic N) is 3. The first-order chi connectivity index (χ1) is 12.9. The smallest absolute Gasteiger partial charge is 0.419 e. The minimum Gasteiger partial charge on any atom is -0.493 e. The van der Waals surface area contributed by atoms with Crippen molar-refractivity contribution in [3.63, 3.8) is 0 Å². The van der Waals surface area contributed by atoms with Crippen molar-refractivity contribution < 1.29 is 17.9 Å². The highest BCUT2D eigenvalue weighted by Crippen LogP contribution is 2.39. The fourth-order valence-electron chi connectivity index (χ4n) is 2.73. The highest BCUT2D eigenvalue weighted by Gasteiger charge is 2.35. The summed E-state index contributed by atoms with van der Waals surface area (Å²) in [4.78, 5) is 11.5. The summed E-state index contributed by atoms with van der Waals surface area (Å²) in [7, 11) is 1.75. The minimum atomic E-state index is -4.57. The molecule has 0 aliphatic rings. The van der Waals surface area contributed by atoms with E-state index < -0.39 is 11.7 Å². The molecule has 0 unspecified atom stereocenters. The van der Waals surface area contributed by atoms with Gasteiger partial charge in [0.05, 0.1) is 29.9 Å². The Kier molecular flexibility index (Phi) is 5.01. The van der Waals surface area contributed by atoms with Gasteiger partial charge in [-0.2, -0.15) is 18.4 Å². The summed E-state index contributed by atoms with van der Waals surface area (Å²) in [6.07, 6.45) is -4.57. The number of aromatic nitrogens is 3. The molecular weight excluding hydrogens is 359 g/mol. The monoisotopic (exact) mass is 375 g/mol. The summed E-state index contributed by atoms with van der Waals surface area (Å²) >= 11 is 0. The van der Waals surface area contributed by atoms with Crippen molar-refractivity contribution in [2.45, 2.75) is 19.6 Å². The molecule has 2 heterocycles. The van der Waals surface area contributed by atoms with E-state index in [0.717, 1.165) is 6.07 Å². The predicted octanol–water partition coefficient (Wildman–Crippen LogP) is 3.63. The van der Waals surface area contributed by atoms with E-state index in [0.29, 0.717) is 23.4 Å². The van der Waals surface area contributed by atoms with Crippen LogP contribution in [-0.4, -0.2) is 28.6 Å². The minimum absolute atomic E-state index is 0.0450. The molecule has 0 atom stereocenters. The van der Waals surface area contributed by atoms with Gasteiger partial charge in [-0.15, -0.1) is 0 Å². The number of alkyl halides is 3. The summed E-state index contributed by atoms with van der Waals surface area (Å²) in [5, 5.41) is 12.3. The van der Waals surface area contributed by atoms with Gasteiger partial charge in [0.25, 0.3) is 0 Å². The van der Waals surface area contributed by atoms with Gasteiger partial charge in [-0.1, -0.05) is 0 Å². The van der Waals surface area contributed by atoms with Gasteiger partial charge < -0.3 is 15.0 Å². The fraction of sp³-hybridized carbons (Fsp3) is 0.278. The normalized spacial score (nSPS) is 11.6. The standard InChI is InChI=1S/C18H16F3N5O/c1-3-27-15-5-4-10(6-11(15)18(19,20)21)12-7-13-17(14(8-22)24-12)26-16(25-13)9-23-2/h4-7,23H,3,9H2,1-2H3,(H,25,26). The van der Waals surface area contributed by atoms with Gasteiger partial charge in [0.1, 0.15) is 23.2 Å². The second-order valence-corrected chi connectivity index (χ2v) is 5.72. The van der Waals surface area contributed by atoms with E-state index in [1.807, 2.05) is 6.07 Å². The van der Waals surface area contributed by atoms with Gasteiger partial charge >= 0.3 is 6.18 Å². The summed E-state index contributed by atoms with van der Waals surface area (Å²) in [5.41, 5.74) is 0.546. The van der Waals surface area contributed by atoms with Gasteiger partial charge in [-0.05, 0) is 38.2 Å². The molecule has 0 radical (unpaired) electrons. The van der Waals surface area contributed by atoms with Crippen LogP contribution in [0.4, 0.5) is 13.2 Å². The molecular formula is C18H16F3N5O. The number of benzene rings is 1. The largest absolute Gasteiger partial charge is 0.493 e. The van der Waals surface area contributed by atoms with Crippen molar-refractivity contribution in [1.29, 1.82) is 5.26 Å². The van der Waals surface area contributed by atoms with Gasteiger partial charge in [0.15, 0.2) is 5.69 Å². The van der Waals surface area contributed by atoms with E-state index in [1.54, 1.807) is 20.0 Å². The van der Waals surface area contributed by atoms with E-state index >= 15 is 0 Å². The third-order valence-electron chi connectivity index (χ3n) is 3.85. The highest BCUT2D eigenvalue weighted by molar-refractivity contribution is 5.84. The molecule has 0 bridgehead atoms. The third kappa shape index (κ3) is 3.71. The van der Waals surface area contributed by atoms with E-state index in [2.05, 4.69) is 20.3 Å². The number of nitriles is 1. The first-order valence-corrected chi connectivity index (χ1v) is 8.16. The molecule has 2 aromatic heterocycles. The van der Waals surface area contributed by atoms with Crippen molar-refractivity contribution in [2.24, 2.45) is 0 Å². The molecule has 0 fully saturated rings. The first-order valence-electron chi connectivity index (χ1n) is 8.16. The average molecular weight is 375 g/mol. The number of fused-ring (bicyclic) bond motifs is 1. The van der Waals surface area contributed by atoms with Crippen LogP contribution in [0.3, 0.4) is 0 Å². The van der Waals surface area contributed by atoms with Gasteiger partial charge in [0, 0.05) is 5.56 Å². The Morgan fingerprint density at radius 2 is 2.04 bits per heavy atom. The first kappa shape index (κ1) is 18.7. The number of rotatable bonds is 5. The summed E-state index contributed by atoms with van der Waals surface area (Å²) in [6.45, 7) is 2.19. The zero-order valence-corrected chi connectivity index (χ0v) is 14.6. The van der Waals surface area contributed by atoms with Crippen molar-refractivity contribution in [1.82, 2.24) is 20.3 Å². The van der Waals surface area contributed by atoms with E-state index in [-0.39, 0.29) is 29.3 Å².